The zero-order valence-corrected chi connectivity index (χ0v) is 17.9. The van der Waals surface area contributed by atoms with E-state index in [1.807, 2.05) is 25.1 Å². The summed E-state index contributed by atoms with van der Waals surface area (Å²) in [4.78, 5) is 32.5. The molecule has 2 aliphatic heterocycles. The van der Waals surface area contributed by atoms with Crippen molar-refractivity contribution in [1.29, 1.82) is 0 Å². The van der Waals surface area contributed by atoms with Crippen LogP contribution in [0.25, 0.3) is 0 Å². The van der Waals surface area contributed by atoms with Crippen LogP contribution in [0, 0.1) is 5.92 Å². The SMILES string of the molecule is CC1CCCN(c2ccc3c(n2)N(C(=O)Nc2nccc(N(C)C)n2)CCCN3)C1. The van der Waals surface area contributed by atoms with Gasteiger partial charge in [-0.05, 0) is 43.4 Å². The number of nitrogens with zero attached hydrogens (tertiary/aromatic N) is 6. The lowest BCUT2D eigenvalue weighted by molar-refractivity contribution is 0.256. The fourth-order valence-electron chi connectivity index (χ4n) is 3.94. The Bertz CT molecular complexity index is 902. The number of nitrogens with one attached hydrogen (secondary N) is 2. The molecule has 160 valence electrons. The number of fused-ring (bicyclic) bond motifs is 1. The maximum absolute atomic E-state index is 13.1. The van der Waals surface area contributed by atoms with Crippen LogP contribution in [-0.4, -0.2) is 61.3 Å². The minimum absolute atomic E-state index is 0.271. The molecule has 4 heterocycles. The first kappa shape index (κ1) is 20.2. The van der Waals surface area contributed by atoms with Gasteiger partial charge in [-0.15, -0.1) is 0 Å². The van der Waals surface area contributed by atoms with E-state index in [1.54, 1.807) is 17.2 Å². The third kappa shape index (κ3) is 4.39. The number of piperidine rings is 1. The Kier molecular flexibility index (Phi) is 5.87. The van der Waals surface area contributed by atoms with Crippen LogP contribution in [0.4, 0.5) is 33.9 Å². The number of carbonyl (C=O) groups excluding carboxylic acids is 1. The van der Waals surface area contributed by atoms with Crippen molar-refractivity contribution >= 4 is 35.1 Å². The molecule has 0 aromatic carbocycles. The maximum Gasteiger partial charge on any atom is 0.329 e. The Balaban J connectivity index is 1.59. The van der Waals surface area contributed by atoms with Crippen molar-refractivity contribution in [2.45, 2.75) is 26.2 Å². The minimum Gasteiger partial charge on any atom is -0.382 e. The van der Waals surface area contributed by atoms with Crippen molar-refractivity contribution in [3.8, 4) is 0 Å². The quantitative estimate of drug-likeness (QED) is 0.804. The lowest BCUT2D eigenvalue weighted by atomic mass is 10.0. The van der Waals surface area contributed by atoms with Crippen molar-refractivity contribution in [1.82, 2.24) is 15.0 Å². The Labute approximate surface area is 177 Å². The molecule has 9 heteroatoms. The van der Waals surface area contributed by atoms with Gasteiger partial charge in [0, 0.05) is 46.5 Å². The molecule has 1 fully saturated rings. The molecule has 4 rings (SSSR count). The zero-order chi connectivity index (χ0) is 21.1. The predicted octanol–water partition coefficient (Wildman–Crippen LogP) is 3.03. The first-order valence-electron chi connectivity index (χ1n) is 10.6. The number of anilines is 5. The topological polar surface area (TPSA) is 89.5 Å². The van der Waals surface area contributed by atoms with E-state index >= 15 is 0 Å². The Morgan fingerprint density at radius 3 is 2.87 bits per heavy atom. The van der Waals surface area contributed by atoms with Gasteiger partial charge in [0.2, 0.25) is 5.95 Å². The summed E-state index contributed by atoms with van der Waals surface area (Å²) in [5.74, 6) is 3.25. The van der Waals surface area contributed by atoms with Crippen LogP contribution >= 0.6 is 0 Å². The molecule has 1 unspecified atom stereocenters. The highest BCUT2D eigenvalue weighted by Crippen LogP contribution is 2.31. The van der Waals surface area contributed by atoms with E-state index in [-0.39, 0.29) is 12.0 Å². The minimum atomic E-state index is -0.271. The first-order valence-corrected chi connectivity index (χ1v) is 10.6. The van der Waals surface area contributed by atoms with Crippen LogP contribution in [0.3, 0.4) is 0 Å². The van der Waals surface area contributed by atoms with Crippen LogP contribution in [0.5, 0.6) is 0 Å². The third-order valence-electron chi connectivity index (χ3n) is 5.53. The summed E-state index contributed by atoms with van der Waals surface area (Å²) in [5.41, 5.74) is 0.874. The van der Waals surface area contributed by atoms with Gasteiger partial charge < -0.3 is 15.1 Å². The highest BCUT2D eigenvalue weighted by atomic mass is 16.2. The molecule has 1 saturated heterocycles. The van der Waals surface area contributed by atoms with Crippen LogP contribution in [0.1, 0.15) is 26.2 Å². The summed E-state index contributed by atoms with van der Waals surface area (Å²) < 4.78 is 0. The van der Waals surface area contributed by atoms with Crippen molar-refractivity contribution in [3.05, 3.63) is 24.4 Å². The van der Waals surface area contributed by atoms with Gasteiger partial charge in [0.15, 0.2) is 5.82 Å². The zero-order valence-electron chi connectivity index (χ0n) is 17.9. The molecule has 0 aliphatic carbocycles. The molecule has 2 N–H and O–H groups in total. The normalized spacial score (nSPS) is 18.8. The molecular formula is C21H30N8O. The van der Waals surface area contributed by atoms with Gasteiger partial charge in [0.1, 0.15) is 11.6 Å². The third-order valence-corrected chi connectivity index (χ3v) is 5.53. The molecule has 2 aromatic rings. The van der Waals surface area contributed by atoms with Gasteiger partial charge in [-0.1, -0.05) is 6.92 Å². The predicted molar refractivity (Wildman–Crippen MR) is 121 cm³/mol. The van der Waals surface area contributed by atoms with E-state index in [9.17, 15) is 4.79 Å². The van der Waals surface area contributed by atoms with Crippen molar-refractivity contribution < 1.29 is 4.79 Å². The second-order valence-electron chi connectivity index (χ2n) is 8.23. The molecule has 0 saturated carbocycles. The Morgan fingerprint density at radius 1 is 1.20 bits per heavy atom. The largest absolute Gasteiger partial charge is 0.382 e. The Hall–Kier alpha value is -3.10. The summed E-state index contributed by atoms with van der Waals surface area (Å²) in [5, 5.41) is 6.23. The Morgan fingerprint density at radius 2 is 2.07 bits per heavy atom. The van der Waals surface area contributed by atoms with E-state index in [0.29, 0.717) is 18.3 Å². The molecule has 2 aliphatic rings. The molecular weight excluding hydrogens is 380 g/mol. The number of pyridine rings is 1. The fourth-order valence-corrected chi connectivity index (χ4v) is 3.94. The van der Waals surface area contributed by atoms with Crippen LogP contribution < -0.4 is 25.3 Å². The standard InChI is InChI=1S/C21H30N8O/c1-15-6-4-12-28(14-15)18-8-7-16-19(24-18)29(13-5-10-22-16)21(30)26-20-23-11-9-17(25-20)27(2)3/h7-9,11,15,22H,4-6,10,12-14H2,1-3H3,(H,23,25,26,30). The lowest BCUT2D eigenvalue weighted by Crippen LogP contribution is -2.38. The second kappa shape index (κ2) is 8.73. The highest BCUT2D eigenvalue weighted by Gasteiger charge is 2.26. The van der Waals surface area contributed by atoms with E-state index in [2.05, 4.69) is 38.5 Å². The summed E-state index contributed by atoms with van der Waals surface area (Å²) in [6.45, 7) is 5.65. The molecule has 0 radical (unpaired) electrons. The monoisotopic (exact) mass is 410 g/mol. The van der Waals surface area contributed by atoms with Gasteiger partial charge in [0.25, 0.3) is 0 Å². The number of carbonyl (C=O) groups is 1. The average Bonchev–Trinajstić information content (AvgIpc) is 2.96. The van der Waals surface area contributed by atoms with Gasteiger partial charge in [-0.25, -0.2) is 14.8 Å². The summed E-state index contributed by atoms with van der Waals surface area (Å²) in [7, 11) is 3.80. The van der Waals surface area contributed by atoms with Crippen molar-refractivity contribution in [2.75, 3.05) is 65.6 Å². The van der Waals surface area contributed by atoms with E-state index in [4.69, 9.17) is 4.98 Å². The van der Waals surface area contributed by atoms with Crippen LogP contribution in [0.2, 0.25) is 0 Å². The van der Waals surface area contributed by atoms with E-state index in [1.165, 1.54) is 12.8 Å². The number of aromatic nitrogens is 3. The lowest BCUT2D eigenvalue weighted by Gasteiger charge is -2.32. The first-order chi connectivity index (χ1) is 14.5. The molecule has 1 atom stereocenters. The van der Waals surface area contributed by atoms with Crippen molar-refractivity contribution in [2.24, 2.45) is 5.92 Å². The molecule has 0 spiro atoms. The smallest absolute Gasteiger partial charge is 0.329 e. The molecule has 0 bridgehead atoms. The maximum atomic E-state index is 13.1. The van der Waals surface area contributed by atoms with Gasteiger partial charge in [0.05, 0.1) is 5.69 Å². The summed E-state index contributed by atoms with van der Waals surface area (Å²) >= 11 is 0. The van der Waals surface area contributed by atoms with E-state index < -0.39 is 0 Å². The molecule has 2 amide bonds. The van der Waals surface area contributed by atoms with Crippen LogP contribution in [0.15, 0.2) is 24.4 Å². The van der Waals surface area contributed by atoms with Gasteiger partial charge in [-0.2, -0.15) is 4.98 Å². The number of rotatable bonds is 3. The number of hydrogen-bond donors (Lipinski definition) is 2. The number of hydrogen-bond acceptors (Lipinski definition) is 7. The average molecular weight is 411 g/mol. The summed E-state index contributed by atoms with van der Waals surface area (Å²) in [6.07, 6.45) is 4.90. The van der Waals surface area contributed by atoms with Gasteiger partial charge in [-0.3, -0.25) is 10.2 Å². The fraction of sp³-hybridized carbons (Fsp3) is 0.524. The number of urea groups is 1. The van der Waals surface area contributed by atoms with Gasteiger partial charge >= 0.3 is 6.03 Å². The number of amides is 2. The van der Waals surface area contributed by atoms with Crippen LogP contribution in [-0.2, 0) is 0 Å². The van der Waals surface area contributed by atoms with Crippen molar-refractivity contribution in [3.63, 3.8) is 0 Å². The van der Waals surface area contributed by atoms with E-state index in [0.717, 1.165) is 43.4 Å². The molecule has 30 heavy (non-hydrogen) atoms. The molecule has 9 nitrogen and oxygen atoms in total. The second-order valence-corrected chi connectivity index (χ2v) is 8.23. The summed E-state index contributed by atoms with van der Waals surface area (Å²) in [6, 6.07) is 5.61. The molecule has 2 aromatic heterocycles. The highest BCUT2D eigenvalue weighted by molar-refractivity contribution is 6.02.